The molecule has 0 fully saturated rings. The van der Waals surface area contributed by atoms with Crippen LogP contribution in [0.4, 0.5) is 0 Å². The van der Waals surface area contributed by atoms with E-state index in [-0.39, 0.29) is 10.9 Å². The van der Waals surface area contributed by atoms with Gasteiger partial charge in [-0.15, -0.1) is 0 Å². The molecule has 28 heavy (non-hydrogen) atoms. The van der Waals surface area contributed by atoms with Crippen molar-refractivity contribution in [3.8, 4) is 0 Å². The molecule has 0 nitrogen and oxygen atoms in total. The first-order valence-electron chi connectivity index (χ1n) is 10.8. The van der Waals surface area contributed by atoms with E-state index in [1.54, 1.807) is 16.0 Å². The quantitative estimate of drug-likeness (QED) is 0.330. The zero-order valence-corrected chi connectivity index (χ0v) is 18.4. The van der Waals surface area contributed by atoms with Crippen molar-refractivity contribution in [3.05, 3.63) is 89.5 Å². The van der Waals surface area contributed by atoms with Crippen LogP contribution in [0.25, 0.3) is 0 Å². The standard InChI is InChI=1S/C27H33S/c1-4-13-22-20-23(14-5-2)27(24(21-22)15-6-3)28(25-16-9-7-10-17-25)26-18-11-8-12-19-26/h7-12,16-21H,4-6,13-15H2,1-3H3/q+1. The fourth-order valence-corrected chi connectivity index (χ4v) is 6.37. The molecule has 0 aliphatic heterocycles. The summed E-state index contributed by atoms with van der Waals surface area (Å²) in [5.74, 6) is 0. The number of hydrogen-bond donors (Lipinski definition) is 0. The lowest BCUT2D eigenvalue weighted by atomic mass is 9.97. The molecule has 0 unspecified atom stereocenters. The Morgan fingerprint density at radius 3 is 1.39 bits per heavy atom. The predicted octanol–water partition coefficient (Wildman–Crippen LogP) is 7.64. The van der Waals surface area contributed by atoms with Crippen LogP contribution in [-0.2, 0) is 30.2 Å². The van der Waals surface area contributed by atoms with E-state index in [9.17, 15) is 0 Å². The van der Waals surface area contributed by atoms with Crippen molar-refractivity contribution in [3.63, 3.8) is 0 Å². The molecule has 0 aliphatic carbocycles. The van der Waals surface area contributed by atoms with Crippen LogP contribution < -0.4 is 0 Å². The number of hydrogen-bond acceptors (Lipinski definition) is 0. The minimum Gasteiger partial charge on any atom is -0.0651 e. The maximum absolute atomic E-state index is 2.51. The third-order valence-corrected chi connectivity index (χ3v) is 7.46. The molecule has 0 heterocycles. The van der Waals surface area contributed by atoms with Gasteiger partial charge in [0.25, 0.3) is 0 Å². The molecule has 146 valence electrons. The molecule has 0 saturated heterocycles. The van der Waals surface area contributed by atoms with E-state index < -0.39 is 0 Å². The van der Waals surface area contributed by atoms with E-state index in [1.807, 2.05) is 0 Å². The summed E-state index contributed by atoms with van der Waals surface area (Å²) in [6, 6.07) is 27.2. The van der Waals surface area contributed by atoms with Gasteiger partial charge in [0, 0.05) is 11.1 Å². The highest BCUT2D eigenvalue weighted by atomic mass is 32.2. The first-order valence-corrected chi connectivity index (χ1v) is 12.0. The van der Waals surface area contributed by atoms with Gasteiger partial charge in [0.05, 0.1) is 10.9 Å². The van der Waals surface area contributed by atoms with E-state index in [4.69, 9.17) is 0 Å². The van der Waals surface area contributed by atoms with Crippen LogP contribution in [0.5, 0.6) is 0 Å². The predicted molar refractivity (Wildman–Crippen MR) is 123 cm³/mol. The summed E-state index contributed by atoms with van der Waals surface area (Å²) < 4.78 is 0. The summed E-state index contributed by atoms with van der Waals surface area (Å²) in [5.41, 5.74) is 4.64. The molecular weight excluding hydrogens is 356 g/mol. The van der Waals surface area contributed by atoms with Crippen LogP contribution in [0.15, 0.2) is 87.5 Å². The minimum atomic E-state index is -0.0529. The monoisotopic (exact) mass is 389 g/mol. The Bertz CT molecular complexity index is 785. The highest BCUT2D eigenvalue weighted by Crippen LogP contribution is 2.37. The second-order valence-electron chi connectivity index (χ2n) is 7.43. The highest BCUT2D eigenvalue weighted by molar-refractivity contribution is 7.97. The zero-order chi connectivity index (χ0) is 19.8. The summed E-state index contributed by atoms with van der Waals surface area (Å²) in [5, 5.41) is 0. The SMILES string of the molecule is CCCc1cc(CCC)c([S+](c2ccccc2)c2ccccc2)c(CCC)c1. The molecule has 0 spiro atoms. The topological polar surface area (TPSA) is 0 Å². The Hall–Kier alpha value is -1.99. The fourth-order valence-electron chi connectivity index (χ4n) is 3.92. The van der Waals surface area contributed by atoms with E-state index in [0.717, 1.165) is 12.8 Å². The summed E-state index contributed by atoms with van der Waals surface area (Å²) in [7, 11) is -0.0529. The minimum absolute atomic E-state index is 0.0529. The summed E-state index contributed by atoms with van der Waals surface area (Å²) >= 11 is 0. The van der Waals surface area contributed by atoms with Crippen molar-refractivity contribution in [1.29, 1.82) is 0 Å². The van der Waals surface area contributed by atoms with Crippen molar-refractivity contribution in [1.82, 2.24) is 0 Å². The Kier molecular flexibility index (Phi) is 7.80. The van der Waals surface area contributed by atoms with Crippen LogP contribution >= 0.6 is 0 Å². The number of benzene rings is 3. The average Bonchev–Trinajstić information content (AvgIpc) is 2.72. The van der Waals surface area contributed by atoms with Crippen molar-refractivity contribution in [2.24, 2.45) is 0 Å². The molecule has 0 saturated carbocycles. The van der Waals surface area contributed by atoms with Gasteiger partial charge in [0.1, 0.15) is 0 Å². The van der Waals surface area contributed by atoms with Crippen LogP contribution in [0.3, 0.4) is 0 Å². The molecule has 0 aromatic heterocycles. The van der Waals surface area contributed by atoms with Gasteiger partial charge in [-0.05, 0) is 49.1 Å². The van der Waals surface area contributed by atoms with Crippen LogP contribution in [0, 0.1) is 0 Å². The molecule has 0 aliphatic rings. The van der Waals surface area contributed by atoms with Crippen LogP contribution in [0.1, 0.15) is 56.7 Å². The molecule has 3 aromatic rings. The third-order valence-electron chi connectivity index (χ3n) is 5.04. The largest absolute Gasteiger partial charge is 0.172 e. The third kappa shape index (κ3) is 4.89. The average molecular weight is 390 g/mol. The Morgan fingerprint density at radius 1 is 0.571 bits per heavy atom. The normalized spacial score (nSPS) is 11.1. The molecular formula is C27H33S+. The van der Waals surface area contributed by atoms with Gasteiger partial charge in [-0.1, -0.05) is 88.6 Å². The van der Waals surface area contributed by atoms with E-state index in [0.29, 0.717) is 0 Å². The van der Waals surface area contributed by atoms with Gasteiger partial charge in [0.2, 0.25) is 0 Å². The van der Waals surface area contributed by atoms with Crippen LogP contribution in [0.2, 0.25) is 0 Å². The van der Waals surface area contributed by atoms with E-state index >= 15 is 0 Å². The van der Waals surface area contributed by atoms with Crippen molar-refractivity contribution < 1.29 is 0 Å². The lowest BCUT2D eigenvalue weighted by Gasteiger charge is -2.17. The first kappa shape index (κ1) is 20.7. The Labute approximate surface area is 174 Å². The summed E-state index contributed by atoms with van der Waals surface area (Å²) in [6.45, 7) is 6.89. The Balaban J connectivity index is 2.25. The molecule has 0 amide bonds. The van der Waals surface area contributed by atoms with Crippen LogP contribution in [-0.4, -0.2) is 0 Å². The van der Waals surface area contributed by atoms with Gasteiger partial charge in [-0.2, -0.15) is 0 Å². The molecule has 0 bridgehead atoms. The lowest BCUT2D eigenvalue weighted by molar-refractivity contribution is 0.838. The summed E-state index contributed by atoms with van der Waals surface area (Å²) in [6.07, 6.45) is 7.08. The van der Waals surface area contributed by atoms with Crippen molar-refractivity contribution in [2.75, 3.05) is 0 Å². The first-order chi connectivity index (χ1) is 13.8. The van der Waals surface area contributed by atoms with Gasteiger partial charge in [-0.3, -0.25) is 0 Å². The second kappa shape index (κ2) is 10.5. The molecule has 3 rings (SSSR count). The zero-order valence-electron chi connectivity index (χ0n) is 17.6. The van der Waals surface area contributed by atoms with Gasteiger partial charge in [0.15, 0.2) is 14.7 Å². The highest BCUT2D eigenvalue weighted by Gasteiger charge is 2.33. The maximum Gasteiger partial charge on any atom is 0.172 e. The molecule has 1 heteroatoms. The molecule has 0 atom stereocenters. The Morgan fingerprint density at radius 2 is 1.00 bits per heavy atom. The van der Waals surface area contributed by atoms with Gasteiger partial charge < -0.3 is 0 Å². The number of aryl methyl sites for hydroxylation is 3. The molecule has 3 aromatic carbocycles. The maximum atomic E-state index is 2.51. The van der Waals surface area contributed by atoms with Crippen molar-refractivity contribution in [2.45, 2.75) is 74.0 Å². The molecule has 0 radical (unpaired) electrons. The lowest BCUT2D eigenvalue weighted by Crippen LogP contribution is -2.12. The smallest absolute Gasteiger partial charge is 0.0651 e. The van der Waals surface area contributed by atoms with E-state index in [2.05, 4.69) is 93.6 Å². The fraction of sp³-hybridized carbons (Fsp3) is 0.333. The summed E-state index contributed by atoms with van der Waals surface area (Å²) in [4.78, 5) is 4.43. The second-order valence-corrected chi connectivity index (χ2v) is 9.39. The van der Waals surface area contributed by atoms with Gasteiger partial charge >= 0.3 is 0 Å². The van der Waals surface area contributed by atoms with Crippen molar-refractivity contribution >= 4 is 10.9 Å². The molecule has 0 N–H and O–H groups in total. The van der Waals surface area contributed by atoms with Gasteiger partial charge in [-0.25, -0.2) is 0 Å². The number of rotatable bonds is 9. The van der Waals surface area contributed by atoms with E-state index in [1.165, 1.54) is 41.0 Å².